The van der Waals surface area contributed by atoms with Gasteiger partial charge in [-0.2, -0.15) is 10.5 Å². The van der Waals surface area contributed by atoms with Crippen molar-refractivity contribution in [2.75, 3.05) is 26.2 Å². The molecule has 1 N–H and O–H groups in total. The predicted molar refractivity (Wildman–Crippen MR) is 68.6 cm³/mol. The highest BCUT2D eigenvalue weighted by atomic mass is 15.2. The molecule has 4 nitrogen and oxygen atoms in total. The average Bonchev–Trinajstić information content (AvgIpc) is 2.46. The smallest absolute Gasteiger partial charge is 0.0991 e. The molecule has 1 saturated heterocycles. The minimum Gasteiger partial charge on any atom is -0.314 e. The summed E-state index contributed by atoms with van der Waals surface area (Å²) in [6, 6.07) is 12.1. The van der Waals surface area contributed by atoms with E-state index in [0.29, 0.717) is 12.0 Å². The number of nitrogens with one attached hydrogen (secondary N) is 1. The van der Waals surface area contributed by atoms with Crippen LogP contribution in [0.3, 0.4) is 0 Å². The zero-order chi connectivity index (χ0) is 12.8. The molecule has 0 aromatic heterocycles. The van der Waals surface area contributed by atoms with Gasteiger partial charge < -0.3 is 5.32 Å². The van der Waals surface area contributed by atoms with E-state index in [-0.39, 0.29) is 6.04 Å². The lowest BCUT2D eigenvalue weighted by atomic mass is 10.00. The van der Waals surface area contributed by atoms with E-state index in [0.717, 1.165) is 31.7 Å². The zero-order valence-corrected chi connectivity index (χ0v) is 10.3. The minimum absolute atomic E-state index is 0.102. The van der Waals surface area contributed by atoms with Crippen molar-refractivity contribution in [2.45, 2.75) is 12.5 Å². The van der Waals surface area contributed by atoms with Gasteiger partial charge >= 0.3 is 0 Å². The third kappa shape index (κ3) is 2.87. The Kier molecular flexibility index (Phi) is 4.30. The maximum Gasteiger partial charge on any atom is 0.0991 e. The molecule has 0 unspecified atom stereocenters. The summed E-state index contributed by atoms with van der Waals surface area (Å²) in [6.07, 6.45) is 0.467. The van der Waals surface area contributed by atoms with Gasteiger partial charge in [-0.3, -0.25) is 4.90 Å². The van der Waals surface area contributed by atoms with Gasteiger partial charge in [0.1, 0.15) is 0 Å². The molecule has 1 aromatic rings. The molecule has 0 spiro atoms. The zero-order valence-electron chi connectivity index (χ0n) is 10.3. The van der Waals surface area contributed by atoms with E-state index < -0.39 is 0 Å². The van der Waals surface area contributed by atoms with Gasteiger partial charge in [-0.05, 0) is 17.7 Å². The second-order valence-corrected chi connectivity index (χ2v) is 4.40. The SMILES string of the molecule is N#CC[C@@H](c1cccc(C#N)c1)N1CCNCC1. The Morgan fingerprint density at radius 3 is 2.72 bits per heavy atom. The second kappa shape index (κ2) is 6.16. The number of hydrogen-bond acceptors (Lipinski definition) is 4. The van der Waals surface area contributed by atoms with E-state index in [1.54, 1.807) is 6.07 Å². The first-order valence-corrected chi connectivity index (χ1v) is 6.17. The van der Waals surface area contributed by atoms with Gasteiger partial charge in [-0.15, -0.1) is 0 Å². The molecule has 0 radical (unpaired) electrons. The van der Waals surface area contributed by atoms with Crippen molar-refractivity contribution in [3.05, 3.63) is 35.4 Å². The molecule has 1 atom stereocenters. The molecule has 0 saturated carbocycles. The first kappa shape index (κ1) is 12.6. The number of benzene rings is 1. The summed E-state index contributed by atoms with van der Waals surface area (Å²) in [4.78, 5) is 2.32. The Labute approximate surface area is 107 Å². The van der Waals surface area contributed by atoms with Gasteiger partial charge in [0.2, 0.25) is 0 Å². The standard InChI is InChI=1S/C14H16N4/c15-5-4-14(18-8-6-17-7-9-18)13-3-1-2-12(10-13)11-16/h1-3,10,14,17H,4,6-9H2/t14-/m0/s1. The van der Waals surface area contributed by atoms with Crippen LogP contribution in [0.5, 0.6) is 0 Å². The first-order chi connectivity index (χ1) is 8.85. The molecule has 1 heterocycles. The highest BCUT2D eigenvalue weighted by Crippen LogP contribution is 2.24. The van der Waals surface area contributed by atoms with Crippen molar-refractivity contribution in [3.63, 3.8) is 0 Å². The van der Waals surface area contributed by atoms with Crippen LogP contribution in [0.2, 0.25) is 0 Å². The lowest BCUT2D eigenvalue weighted by Crippen LogP contribution is -2.45. The van der Waals surface area contributed by atoms with E-state index in [9.17, 15) is 0 Å². The lowest BCUT2D eigenvalue weighted by Gasteiger charge is -2.34. The van der Waals surface area contributed by atoms with E-state index in [4.69, 9.17) is 10.5 Å². The minimum atomic E-state index is 0.102. The quantitative estimate of drug-likeness (QED) is 0.868. The lowest BCUT2D eigenvalue weighted by molar-refractivity contribution is 0.175. The molecule has 0 bridgehead atoms. The summed E-state index contributed by atoms with van der Waals surface area (Å²) >= 11 is 0. The van der Waals surface area contributed by atoms with Crippen LogP contribution in [-0.2, 0) is 0 Å². The van der Waals surface area contributed by atoms with Crippen LogP contribution in [0.25, 0.3) is 0 Å². The van der Waals surface area contributed by atoms with Gasteiger partial charge in [0.05, 0.1) is 24.1 Å². The molecule has 1 aliphatic heterocycles. The summed E-state index contributed by atoms with van der Waals surface area (Å²) in [5.74, 6) is 0. The van der Waals surface area contributed by atoms with Gasteiger partial charge in [0, 0.05) is 32.2 Å². The van der Waals surface area contributed by atoms with Crippen molar-refractivity contribution in [3.8, 4) is 12.1 Å². The van der Waals surface area contributed by atoms with Crippen molar-refractivity contribution >= 4 is 0 Å². The Morgan fingerprint density at radius 2 is 2.06 bits per heavy atom. The van der Waals surface area contributed by atoms with Crippen molar-refractivity contribution in [1.82, 2.24) is 10.2 Å². The fourth-order valence-electron chi connectivity index (χ4n) is 2.35. The number of piperazine rings is 1. The number of nitriles is 2. The Bertz CT molecular complexity index is 477. The highest BCUT2D eigenvalue weighted by Gasteiger charge is 2.21. The average molecular weight is 240 g/mol. The van der Waals surface area contributed by atoms with Crippen molar-refractivity contribution in [2.24, 2.45) is 0 Å². The van der Waals surface area contributed by atoms with Crippen LogP contribution < -0.4 is 5.32 Å². The Morgan fingerprint density at radius 1 is 1.28 bits per heavy atom. The number of rotatable bonds is 3. The van der Waals surface area contributed by atoms with Gasteiger partial charge in [0.15, 0.2) is 0 Å². The van der Waals surface area contributed by atoms with E-state index >= 15 is 0 Å². The number of nitrogens with zero attached hydrogens (tertiary/aromatic N) is 3. The predicted octanol–water partition coefficient (Wildman–Crippen LogP) is 1.42. The Balaban J connectivity index is 2.23. The molecule has 1 aromatic carbocycles. The summed E-state index contributed by atoms with van der Waals surface area (Å²) in [5.41, 5.74) is 1.73. The monoisotopic (exact) mass is 240 g/mol. The normalized spacial score (nSPS) is 17.7. The topological polar surface area (TPSA) is 62.9 Å². The van der Waals surface area contributed by atoms with Gasteiger partial charge in [-0.1, -0.05) is 12.1 Å². The molecule has 0 aliphatic carbocycles. The molecule has 1 aliphatic rings. The largest absolute Gasteiger partial charge is 0.314 e. The fourth-order valence-corrected chi connectivity index (χ4v) is 2.35. The van der Waals surface area contributed by atoms with Crippen LogP contribution in [0, 0.1) is 22.7 Å². The maximum atomic E-state index is 9.00. The van der Waals surface area contributed by atoms with Gasteiger partial charge in [0.25, 0.3) is 0 Å². The molecule has 18 heavy (non-hydrogen) atoms. The van der Waals surface area contributed by atoms with Crippen LogP contribution >= 0.6 is 0 Å². The third-order valence-electron chi connectivity index (χ3n) is 3.28. The fraction of sp³-hybridized carbons (Fsp3) is 0.429. The van der Waals surface area contributed by atoms with Crippen LogP contribution in [0.4, 0.5) is 0 Å². The third-order valence-corrected chi connectivity index (χ3v) is 3.28. The Hall–Kier alpha value is -1.88. The molecule has 1 fully saturated rings. The second-order valence-electron chi connectivity index (χ2n) is 4.40. The van der Waals surface area contributed by atoms with Gasteiger partial charge in [-0.25, -0.2) is 0 Å². The molecule has 0 amide bonds. The van der Waals surface area contributed by atoms with Crippen LogP contribution in [0.1, 0.15) is 23.6 Å². The van der Waals surface area contributed by atoms with Crippen LogP contribution in [0.15, 0.2) is 24.3 Å². The molecule has 2 rings (SSSR count). The maximum absolute atomic E-state index is 9.00. The summed E-state index contributed by atoms with van der Waals surface area (Å²) in [5, 5.41) is 21.3. The highest BCUT2D eigenvalue weighted by molar-refractivity contribution is 5.34. The first-order valence-electron chi connectivity index (χ1n) is 6.17. The van der Waals surface area contributed by atoms with Crippen LogP contribution in [-0.4, -0.2) is 31.1 Å². The number of hydrogen-bond donors (Lipinski definition) is 1. The molecular formula is C14H16N4. The summed E-state index contributed by atoms with van der Waals surface area (Å²) in [7, 11) is 0. The van der Waals surface area contributed by atoms with E-state index in [1.807, 2.05) is 18.2 Å². The molecule has 4 heteroatoms. The van der Waals surface area contributed by atoms with Crippen molar-refractivity contribution in [1.29, 1.82) is 10.5 Å². The summed E-state index contributed by atoms with van der Waals surface area (Å²) in [6.45, 7) is 3.81. The molecule has 92 valence electrons. The van der Waals surface area contributed by atoms with E-state index in [1.165, 1.54) is 0 Å². The van der Waals surface area contributed by atoms with E-state index in [2.05, 4.69) is 22.4 Å². The molecular weight excluding hydrogens is 224 g/mol. The summed E-state index contributed by atoms with van der Waals surface area (Å²) < 4.78 is 0. The van der Waals surface area contributed by atoms with Crippen molar-refractivity contribution < 1.29 is 0 Å².